The van der Waals surface area contributed by atoms with Crippen LogP contribution in [-0.4, -0.2) is 20.5 Å². The zero-order chi connectivity index (χ0) is 14.7. The summed E-state index contributed by atoms with van der Waals surface area (Å²) in [5.74, 6) is -1.39. The minimum atomic E-state index is -1.32. The fourth-order valence-electron chi connectivity index (χ4n) is 2.74. The van der Waals surface area contributed by atoms with Crippen LogP contribution in [0.25, 0.3) is 0 Å². The predicted octanol–water partition coefficient (Wildman–Crippen LogP) is 3.60. The molecule has 0 heterocycles. The summed E-state index contributed by atoms with van der Waals surface area (Å²) in [4.78, 5) is 11.3. The average Bonchev–Trinajstić information content (AvgIpc) is 2.47. The van der Waals surface area contributed by atoms with Crippen molar-refractivity contribution in [2.24, 2.45) is 5.92 Å². The maximum atomic E-state index is 13.3. The van der Waals surface area contributed by atoms with Crippen molar-refractivity contribution in [2.45, 2.75) is 49.2 Å². The molecule has 1 atom stereocenters. The summed E-state index contributed by atoms with van der Waals surface area (Å²) < 4.78 is 25.8. The molecule has 1 aromatic carbocycles. The Morgan fingerprint density at radius 2 is 2.00 bits per heavy atom. The van der Waals surface area contributed by atoms with Gasteiger partial charge >= 0.3 is 5.97 Å². The second-order valence-electron chi connectivity index (χ2n) is 5.30. The first-order chi connectivity index (χ1) is 9.52. The van der Waals surface area contributed by atoms with Gasteiger partial charge in [0.05, 0.1) is 16.4 Å². The Kier molecular flexibility index (Phi) is 4.91. The van der Waals surface area contributed by atoms with E-state index in [-0.39, 0.29) is 5.25 Å². The van der Waals surface area contributed by atoms with Gasteiger partial charge in [-0.1, -0.05) is 13.3 Å². The lowest BCUT2D eigenvalue weighted by Gasteiger charge is -2.27. The number of rotatable bonds is 4. The maximum Gasteiger partial charge on any atom is 0.338 e. The highest BCUT2D eigenvalue weighted by molar-refractivity contribution is 7.85. The van der Waals surface area contributed by atoms with Crippen LogP contribution in [-0.2, 0) is 10.8 Å². The number of carboxylic acid groups (broad SMARTS) is 1. The molecule has 5 heteroatoms. The number of aromatic carboxylic acids is 1. The van der Waals surface area contributed by atoms with Gasteiger partial charge in [0.25, 0.3) is 0 Å². The van der Waals surface area contributed by atoms with E-state index in [1.165, 1.54) is 12.1 Å². The van der Waals surface area contributed by atoms with Crippen molar-refractivity contribution in [1.29, 1.82) is 0 Å². The molecule has 2 rings (SSSR count). The van der Waals surface area contributed by atoms with Gasteiger partial charge in [0.15, 0.2) is 0 Å². The van der Waals surface area contributed by atoms with Gasteiger partial charge in [-0.15, -0.1) is 0 Å². The van der Waals surface area contributed by atoms with Crippen LogP contribution in [0.15, 0.2) is 23.1 Å². The molecule has 0 saturated heterocycles. The Labute approximate surface area is 120 Å². The third-order valence-electron chi connectivity index (χ3n) is 4.07. The topological polar surface area (TPSA) is 54.4 Å². The van der Waals surface area contributed by atoms with Crippen molar-refractivity contribution in [3.8, 4) is 0 Å². The number of halogens is 1. The lowest BCUT2D eigenvalue weighted by Crippen LogP contribution is -2.23. The van der Waals surface area contributed by atoms with Crippen molar-refractivity contribution in [1.82, 2.24) is 0 Å². The second kappa shape index (κ2) is 6.48. The zero-order valence-corrected chi connectivity index (χ0v) is 12.3. The van der Waals surface area contributed by atoms with Crippen molar-refractivity contribution >= 4 is 16.8 Å². The number of benzene rings is 1. The minimum absolute atomic E-state index is 0.0601. The fourth-order valence-corrected chi connectivity index (χ4v) is 4.26. The SMILES string of the molecule is CCC1CCC(S(=O)c2ccc(F)c(C(=O)O)c2)CC1. The highest BCUT2D eigenvalue weighted by Gasteiger charge is 2.26. The molecule has 20 heavy (non-hydrogen) atoms. The Morgan fingerprint density at radius 3 is 2.55 bits per heavy atom. The van der Waals surface area contributed by atoms with E-state index in [0.29, 0.717) is 10.8 Å². The van der Waals surface area contributed by atoms with Crippen LogP contribution in [0.2, 0.25) is 0 Å². The van der Waals surface area contributed by atoms with E-state index in [0.717, 1.165) is 38.2 Å². The van der Waals surface area contributed by atoms with Crippen LogP contribution in [0.5, 0.6) is 0 Å². The Morgan fingerprint density at radius 1 is 1.35 bits per heavy atom. The first-order valence-corrected chi connectivity index (χ1v) is 8.17. The number of carboxylic acids is 1. The molecule has 1 aliphatic rings. The Bertz CT molecular complexity index is 522. The highest BCUT2D eigenvalue weighted by Crippen LogP contribution is 2.31. The third-order valence-corrected chi connectivity index (χ3v) is 5.87. The van der Waals surface area contributed by atoms with Crippen molar-refractivity contribution < 1.29 is 18.5 Å². The molecule has 1 unspecified atom stereocenters. The monoisotopic (exact) mass is 298 g/mol. The molecule has 0 aliphatic heterocycles. The Balaban J connectivity index is 2.14. The second-order valence-corrected chi connectivity index (χ2v) is 7.03. The van der Waals surface area contributed by atoms with E-state index in [2.05, 4.69) is 6.92 Å². The molecule has 1 aromatic rings. The zero-order valence-electron chi connectivity index (χ0n) is 11.5. The van der Waals surface area contributed by atoms with Gasteiger partial charge in [0.1, 0.15) is 5.82 Å². The highest BCUT2D eigenvalue weighted by atomic mass is 32.2. The van der Waals surface area contributed by atoms with E-state index in [4.69, 9.17) is 5.11 Å². The summed E-state index contributed by atoms with van der Waals surface area (Å²) in [6.07, 6.45) is 5.08. The summed E-state index contributed by atoms with van der Waals surface area (Å²) in [5.41, 5.74) is -0.405. The molecule has 1 aliphatic carbocycles. The first kappa shape index (κ1) is 15.2. The van der Waals surface area contributed by atoms with Crippen LogP contribution in [0.3, 0.4) is 0 Å². The summed E-state index contributed by atoms with van der Waals surface area (Å²) in [5, 5.41) is 8.97. The molecule has 1 saturated carbocycles. The molecule has 1 N–H and O–H groups in total. The molecule has 1 fully saturated rings. The van der Waals surface area contributed by atoms with Gasteiger partial charge in [0, 0.05) is 10.1 Å². The van der Waals surface area contributed by atoms with Gasteiger partial charge in [0.2, 0.25) is 0 Å². The molecule has 0 bridgehead atoms. The maximum absolute atomic E-state index is 13.3. The lowest BCUT2D eigenvalue weighted by molar-refractivity contribution is 0.0691. The lowest BCUT2D eigenvalue weighted by atomic mass is 9.87. The van der Waals surface area contributed by atoms with Gasteiger partial charge in [-0.3, -0.25) is 4.21 Å². The van der Waals surface area contributed by atoms with Gasteiger partial charge < -0.3 is 5.11 Å². The van der Waals surface area contributed by atoms with Crippen LogP contribution in [0.1, 0.15) is 49.4 Å². The molecule has 0 radical (unpaired) electrons. The van der Waals surface area contributed by atoms with Gasteiger partial charge in [-0.25, -0.2) is 9.18 Å². The van der Waals surface area contributed by atoms with Crippen LogP contribution >= 0.6 is 0 Å². The van der Waals surface area contributed by atoms with E-state index >= 15 is 0 Å². The normalized spacial score (nSPS) is 24.3. The Hall–Kier alpha value is -1.23. The van der Waals surface area contributed by atoms with Crippen molar-refractivity contribution in [3.63, 3.8) is 0 Å². The minimum Gasteiger partial charge on any atom is -0.478 e. The number of hydrogen-bond acceptors (Lipinski definition) is 2. The first-order valence-electron chi connectivity index (χ1n) is 6.96. The number of carbonyl (C=O) groups is 1. The predicted molar refractivity (Wildman–Crippen MR) is 75.8 cm³/mol. The fraction of sp³-hybridized carbons (Fsp3) is 0.533. The summed E-state index contributed by atoms with van der Waals surface area (Å²) in [6.45, 7) is 2.17. The molecule has 110 valence electrons. The smallest absolute Gasteiger partial charge is 0.338 e. The largest absolute Gasteiger partial charge is 0.478 e. The quantitative estimate of drug-likeness (QED) is 0.924. The molecule has 3 nitrogen and oxygen atoms in total. The number of hydrogen-bond donors (Lipinski definition) is 1. The van der Waals surface area contributed by atoms with Crippen molar-refractivity contribution in [2.75, 3.05) is 0 Å². The van der Waals surface area contributed by atoms with Gasteiger partial charge in [-0.05, 0) is 49.8 Å². The van der Waals surface area contributed by atoms with E-state index < -0.39 is 28.1 Å². The summed E-state index contributed by atoms with van der Waals surface area (Å²) in [7, 11) is -1.25. The summed E-state index contributed by atoms with van der Waals surface area (Å²) >= 11 is 0. The molecule has 0 spiro atoms. The van der Waals surface area contributed by atoms with Crippen molar-refractivity contribution in [3.05, 3.63) is 29.6 Å². The molecule has 0 aromatic heterocycles. The average molecular weight is 298 g/mol. The molecular weight excluding hydrogens is 279 g/mol. The molecule has 0 amide bonds. The van der Waals surface area contributed by atoms with E-state index in [9.17, 15) is 13.4 Å². The van der Waals surface area contributed by atoms with E-state index in [1.54, 1.807) is 0 Å². The van der Waals surface area contributed by atoms with Crippen LogP contribution in [0.4, 0.5) is 4.39 Å². The standard InChI is InChI=1S/C15H19FO3S/c1-2-10-3-5-11(6-4-10)20(19)12-7-8-14(16)13(9-12)15(17)18/h7-11H,2-6H2,1H3,(H,17,18). The van der Waals surface area contributed by atoms with E-state index in [1.807, 2.05) is 0 Å². The molecular formula is C15H19FO3S. The summed E-state index contributed by atoms with van der Waals surface area (Å²) in [6, 6.07) is 3.73. The van der Waals surface area contributed by atoms with Gasteiger partial charge in [-0.2, -0.15) is 0 Å². The van der Waals surface area contributed by atoms with Crippen LogP contribution < -0.4 is 0 Å². The van der Waals surface area contributed by atoms with Crippen LogP contribution in [0, 0.1) is 11.7 Å². The third kappa shape index (κ3) is 3.26.